The SMILES string of the molecule is CC(c1cccc(N)c1)N(C)CC1Cc2ccccc2O1. The van der Waals surface area contributed by atoms with Gasteiger partial charge in [-0.1, -0.05) is 30.3 Å². The van der Waals surface area contributed by atoms with Gasteiger partial charge in [-0.15, -0.1) is 0 Å². The minimum atomic E-state index is 0.232. The first-order chi connectivity index (χ1) is 10.1. The highest BCUT2D eigenvalue weighted by molar-refractivity contribution is 5.41. The maximum Gasteiger partial charge on any atom is 0.123 e. The van der Waals surface area contributed by atoms with E-state index in [1.807, 2.05) is 24.3 Å². The van der Waals surface area contributed by atoms with Gasteiger partial charge in [0.05, 0.1) is 0 Å². The van der Waals surface area contributed by atoms with Crippen LogP contribution in [0.1, 0.15) is 24.1 Å². The van der Waals surface area contributed by atoms with Crippen LogP contribution in [0, 0.1) is 0 Å². The van der Waals surface area contributed by atoms with Crippen LogP contribution in [0.25, 0.3) is 0 Å². The lowest BCUT2D eigenvalue weighted by atomic mass is 10.1. The van der Waals surface area contributed by atoms with Crippen LogP contribution in [0.4, 0.5) is 5.69 Å². The summed E-state index contributed by atoms with van der Waals surface area (Å²) in [5.74, 6) is 1.03. The molecule has 21 heavy (non-hydrogen) atoms. The summed E-state index contributed by atoms with van der Waals surface area (Å²) in [7, 11) is 2.14. The second kappa shape index (κ2) is 5.78. The number of nitrogens with zero attached hydrogens (tertiary/aromatic N) is 1. The molecule has 3 nitrogen and oxygen atoms in total. The van der Waals surface area contributed by atoms with E-state index in [4.69, 9.17) is 10.5 Å². The van der Waals surface area contributed by atoms with E-state index in [-0.39, 0.29) is 6.10 Å². The Morgan fingerprint density at radius 1 is 1.24 bits per heavy atom. The van der Waals surface area contributed by atoms with Crippen molar-refractivity contribution in [1.29, 1.82) is 0 Å². The molecule has 1 aliphatic heterocycles. The summed E-state index contributed by atoms with van der Waals surface area (Å²) in [5, 5.41) is 0. The molecule has 2 atom stereocenters. The third-order valence-corrected chi connectivity index (χ3v) is 4.26. The summed E-state index contributed by atoms with van der Waals surface area (Å²) < 4.78 is 6.02. The molecule has 110 valence electrons. The Bertz CT molecular complexity index is 601. The number of likely N-dealkylation sites (N-methyl/N-ethyl adjacent to an activating group) is 1. The first kappa shape index (κ1) is 14.0. The van der Waals surface area contributed by atoms with Crippen LogP contribution in [0.2, 0.25) is 0 Å². The number of hydrogen-bond acceptors (Lipinski definition) is 3. The molecule has 2 unspecified atom stereocenters. The molecule has 0 amide bonds. The Labute approximate surface area is 126 Å². The summed E-state index contributed by atoms with van der Waals surface area (Å²) in [6, 6.07) is 16.7. The largest absolute Gasteiger partial charge is 0.488 e. The van der Waals surface area contributed by atoms with Crippen LogP contribution >= 0.6 is 0 Å². The third-order valence-electron chi connectivity index (χ3n) is 4.26. The number of benzene rings is 2. The minimum Gasteiger partial charge on any atom is -0.488 e. The van der Waals surface area contributed by atoms with E-state index in [9.17, 15) is 0 Å². The van der Waals surface area contributed by atoms with Gasteiger partial charge in [0.15, 0.2) is 0 Å². The second-order valence-corrected chi connectivity index (χ2v) is 5.84. The fourth-order valence-electron chi connectivity index (χ4n) is 2.91. The highest BCUT2D eigenvalue weighted by atomic mass is 16.5. The van der Waals surface area contributed by atoms with Crippen molar-refractivity contribution in [3.63, 3.8) is 0 Å². The Morgan fingerprint density at radius 2 is 2.05 bits per heavy atom. The quantitative estimate of drug-likeness (QED) is 0.875. The molecule has 2 N–H and O–H groups in total. The van der Waals surface area contributed by atoms with Crippen molar-refractivity contribution in [3.8, 4) is 5.75 Å². The first-order valence-electron chi connectivity index (χ1n) is 7.43. The Balaban J connectivity index is 1.64. The lowest BCUT2D eigenvalue weighted by molar-refractivity contribution is 0.144. The van der Waals surface area contributed by atoms with E-state index < -0.39 is 0 Å². The smallest absolute Gasteiger partial charge is 0.123 e. The molecular formula is C18H22N2O. The molecule has 2 aromatic rings. The molecule has 0 aliphatic carbocycles. The average molecular weight is 282 g/mol. The van der Waals surface area contributed by atoms with Crippen molar-refractivity contribution >= 4 is 5.69 Å². The van der Waals surface area contributed by atoms with Crippen LogP contribution in [-0.4, -0.2) is 24.6 Å². The van der Waals surface area contributed by atoms with E-state index in [1.165, 1.54) is 11.1 Å². The number of hydrogen-bond donors (Lipinski definition) is 1. The van der Waals surface area contributed by atoms with Gasteiger partial charge in [0, 0.05) is 24.7 Å². The van der Waals surface area contributed by atoms with Crippen molar-refractivity contribution in [2.24, 2.45) is 0 Å². The lowest BCUT2D eigenvalue weighted by Crippen LogP contribution is -2.33. The molecule has 1 aliphatic rings. The van der Waals surface area contributed by atoms with Gasteiger partial charge in [-0.3, -0.25) is 4.90 Å². The molecule has 0 bridgehead atoms. The first-order valence-corrected chi connectivity index (χ1v) is 7.43. The Hall–Kier alpha value is -2.00. The van der Waals surface area contributed by atoms with E-state index in [0.717, 1.165) is 24.4 Å². The maximum atomic E-state index is 6.02. The van der Waals surface area contributed by atoms with Gasteiger partial charge in [-0.05, 0) is 43.3 Å². The van der Waals surface area contributed by atoms with E-state index in [1.54, 1.807) is 0 Å². The zero-order valence-electron chi connectivity index (χ0n) is 12.6. The monoisotopic (exact) mass is 282 g/mol. The number of nitrogen functional groups attached to an aromatic ring is 1. The van der Waals surface area contributed by atoms with E-state index >= 15 is 0 Å². The van der Waals surface area contributed by atoms with Gasteiger partial charge in [-0.25, -0.2) is 0 Å². The van der Waals surface area contributed by atoms with Crippen LogP contribution < -0.4 is 10.5 Å². The molecule has 0 spiro atoms. The predicted molar refractivity (Wildman–Crippen MR) is 86.5 cm³/mol. The number of ether oxygens (including phenoxy) is 1. The Kier molecular flexibility index (Phi) is 3.84. The second-order valence-electron chi connectivity index (χ2n) is 5.84. The summed E-state index contributed by atoms with van der Waals surface area (Å²) in [6.45, 7) is 3.11. The normalized spacial score (nSPS) is 18.3. The minimum absolute atomic E-state index is 0.232. The molecule has 0 saturated heterocycles. The topological polar surface area (TPSA) is 38.5 Å². The molecule has 3 heteroatoms. The zero-order chi connectivity index (χ0) is 14.8. The summed E-state index contributed by atoms with van der Waals surface area (Å²) in [4.78, 5) is 2.32. The number of fused-ring (bicyclic) bond motifs is 1. The van der Waals surface area contributed by atoms with Crippen molar-refractivity contribution in [3.05, 3.63) is 59.7 Å². The van der Waals surface area contributed by atoms with Gasteiger partial charge in [0.25, 0.3) is 0 Å². The summed E-state index contributed by atoms with van der Waals surface area (Å²) >= 11 is 0. The fourth-order valence-corrected chi connectivity index (χ4v) is 2.91. The van der Waals surface area contributed by atoms with Crippen LogP contribution in [0.3, 0.4) is 0 Å². The van der Waals surface area contributed by atoms with Gasteiger partial charge in [0.1, 0.15) is 11.9 Å². The van der Waals surface area contributed by atoms with Crippen LogP contribution in [0.5, 0.6) is 5.75 Å². The van der Waals surface area contributed by atoms with Crippen LogP contribution in [0.15, 0.2) is 48.5 Å². The van der Waals surface area contributed by atoms with Crippen molar-refractivity contribution < 1.29 is 4.74 Å². The van der Waals surface area contributed by atoms with Gasteiger partial charge in [-0.2, -0.15) is 0 Å². The van der Waals surface area contributed by atoms with Gasteiger partial charge < -0.3 is 10.5 Å². The Morgan fingerprint density at radius 3 is 2.81 bits per heavy atom. The van der Waals surface area contributed by atoms with Gasteiger partial charge >= 0.3 is 0 Å². The average Bonchev–Trinajstić information content (AvgIpc) is 2.88. The number of anilines is 1. The zero-order valence-corrected chi connectivity index (χ0v) is 12.6. The molecule has 0 saturated carbocycles. The summed E-state index contributed by atoms with van der Waals surface area (Å²) in [6.07, 6.45) is 1.22. The lowest BCUT2D eigenvalue weighted by Gasteiger charge is -2.27. The fraction of sp³-hybridized carbons (Fsp3) is 0.333. The number of para-hydroxylation sites is 1. The van der Waals surface area contributed by atoms with Crippen molar-refractivity contribution in [2.75, 3.05) is 19.3 Å². The number of rotatable bonds is 4. The highest BCUT2D eigenvalue weighted by Gasteiger charge is 2.25. The summed E-state index contributed by atoms with van der Waals surface area (Å²) in [5.41, 5.74) is 9.25. The predicted octanol–water partition coefficient (Wildman–Crippen LogP) is 3.27. The number of nitrogens with two attached hydrogens (primary N) is 1. The van der Waals surface area contributed by atoms with Gasteiger partial charge in [0.2, 0.25) is 0 Å². The van der Waals surface area contributed by atoms with E-state index in [0.29, 0.717) is 6.04 Å². The highest BCUT2D eigenvalue weighted by Crippen LogP contribution is 2.29. The molecule has 2 aromatic carbocycles. The third kappa shape index (κ3) is 3.03. The molecule has 3 rings (SSSR count). The standard InChI is InChI=1S/C18H22N2O/c1-13(14-7-5-8-16(19)10-14)20(2)12-17-11-15-6-3-4-9-18(15)21-17/h3-10,13,17H,11-12,19H2,1-2H3. The molecular weight excluding hydrogens is 260 g/mol. The van der Waals surface area contributed by atoms with Crippen molar-refractivity contribution in [1.82, 2.24) is 4.90 Å². The van der Waals surface area contributed by atoms with Crippen LogP contribution in [-0.2, 0) is 6.42 Å². The maximum absolute atomic E-state index is 6.02. The van der Waals surface area contributed by atoms with E-state index in [2.05, 4.69) is 43.1 Å². The molecule has 0 radical (unpaired) electrons. The molecule has 0 fully saturated rings. The van der Waals surface area contributed by atoms with Crippen molar-refractivity contribution in [2.45, 2.75) is 25.5 Å². The molecule has 1 heterocycles. The molecule has 0 aromatic heterocycles.